The van der Waals surface area contributed by atoms with E-state index in [1.54, 1.807) is 11.3 Å². The van der Waals surface area contributed by atoms with E-state index in [-0.39, 0.29) is 18.0 Å². The van der Waals surface area contributed by atoms with Gasteiger partial charge in [0.25, 0.3) is 5.91 Å². The molecule has 0 fully saturated rings. The number of hydrogen-bond donors (Lipinski definition) is 2. The van der Waals surface area contributed by atoms with E-state index in [4.69, 9.17) is 11.6 Å². The lowest BCUT2D eigenvalue weighted by Crippen LogP contribution is -2.87. The molecule has 3 N–H and O–H groups in total. The Morgan fingerprint density at radius 3 is 2.71 bits per heavy atom. The van der Waals surface area contributed by atoms with Crippen molar-refractivity contribution in [1.29, 1.82) is 0 Å². The Hall–Kier alpha value is -1.36. The van der Waals surface area contributed by atoms with Gasteiger partial charge in [0.1, 0.15) is 6.04 Å². The van der Waals surface area contributed by atoms with E-state index in [1.165, 1.54) is 4.88 Å². The summed E-state index contributed by atoms with van der Waals surface area (Å²) in [7, 11) is 0. The second-order valence-corrected chi connectivity index (χ2v) is 6.44. The van der Waals surface area contributed by atoms with Crippen LogP contribution in [-0.4, -0.2) is 12.5 Å². The molecule has 1 heterocycles. The molecule has 0 saturated carbocycles. The third-order valence-corrected chi connectivity index (χ3v) is 4.80. The van der Waals surface area contributed by atoms with Crippen LogP contribution in [0.15, 0.2) is 41.8 Å². The summed E-state index contributed by atoms with van der Waals surface area (Å²) in [5, 5.41) is 7.77. The molecular weight excluding hydrogens is 304 g/mol. The van der Waals surface area contributed by atoms with Crippen molar-refractivity contribution in [2.45, 2.75) is 25.9 Å². The van der Waals surface area contributed by atoms with Gasteiger partial charge < -0.3 is 10.6 Å². The molecule has 1 aromatic carbocycles. The minimum absolute atomic E-state index is 0.0369. The molecular formula is C16H20ClN2OS+. The second-order valence-electron chi connectivity index (χ2n) is 5.05. The predicted molar refractivity (Wildman–Crippen MR) is 87.5 cm³/mol. The van der Waals surface area contributed by atoms with Gasteiger partial charge in [-0.25, -0.2) is 0 Å². The van der Waals surface area contributed by atoms with Crippen LogP contribution < -0.4 is 10.6 Å². The minimum atomic E-state index is 0.0369. The second kappa shape index (κ2) is 7.59. The molecule has 0 saturated heterocycles. The highest BCUT2D eigenvalue weighted by Gasteiger charge is 2.16. The fourth-order valence-corrected chi connectivity index (χ4v) is 3.21. The van der Waals surface area contributed by atoms with Crippen molar-refractivity contribution in [2.75, 3.05) is 6.54 Å². The van der Waals surface area contributed by atoms with Gasteiger partial charge in [0, 0.05) is 15.5 Å². The maximum Gasteiger partial charge on any atom is 0.275 e. The highest BCUT2D eigenvalue weighted by atomic mass is 35.5. The van der Waals surface area contributed by atoms with E-state index in [0.29, 0.717) is 6.54 Å². The van der Waals surface area contributed by atoms with E-state index in [9.17, 15) is 4.79 Å². The molecule has 1 aromatic heterocycles. The molecule has 0 bridgehead atoms. The van der Waals surface area contributed by atoms with Crippen molar-refractivity contribution in [3.05, 3.63) is 57.2 Å². The van der Waals surface area contributed by atoms with Crippen LogP contribution in [0.5, 0.6) is 0 Å². The number of nitrogens with two attached hydrogens (primary N) is 1. The summed E-state index contributed by atoms with van der Waals surface area (Å²) in [6.07, 6.45) is 0. The average Bonchev–Trinajstić information content (AvgIpc) is 2.99. The molecule has 0 radical (unpaired) electrons. The molecule has 0 spiro atoms. The zero-order chi connectivity index (χ0) is 15.2. The topological polar surface area (TPSA) is 45.7 Å². The smallest absolute Gasteiger partial charge is 0.275 e. The number of amides is 1. The Labute approximate surface area is 134 Å². The van der Waals surface area contributed by atoms with Gasteiger partial charge in [-0.3, -0.25) is 4.79 Å². The van der Waals surface area contributed by atoms with E-state index < -0.39 is 0 Å². The number of carbonyl (C=O) groups is 1. The molecule has 0 aliphatic heterocycles. The fourth-order valence-electron chi connectivity index (χ4n) is 2.16. The number of halogens is 1. The molecule has 112 valence electrons. The molecule has 21 heavy (non-hydrogen) atoms. The van der Waals surface area contributed by atoms with Gasteiger partial charge in [0.05, 0.1) is 6.04 Å². The van der Waals surface area contributed by atoms with Gasteiger partial charge in [-0.1, -0.05) is 35.9 Å². The quantitative estimate of drug-likeness (QED) is 0.843. The van der Waals surface area contributed by atoms with E-state index in [1.807, 2.05) is 54.0 Å². The summed E-state index contributed by atoms with van der Waals surface area (Å²) >= 11 is 7.82. The number of benzene rings is 1. The van der Waals surface area contributed by atoms with Crippen molar-refractivity contribution in [3.8, 4) is 0 Å². The lowest BCUT2D eigenvalue weighted by atomic mass is 10.1. The van der Waals surface area contributed by atoms with Crippen molar-refractivity contribution < 1.29 is 10.1 Å². The monoisotopic (exact) mass is 323 g/mol. The number of thiophene rings is 1. The predicted octanol–water partition coefficient (Wildman–Crippen LogP) is 2.90. The maximum absolute atomic E-state index is 12.0. The lowest BCUT2D eigenvalue weighted by molar-refractivity contribution is -0.682. The first-order valence-electron chi connectivity index (χ1n) is 6.98. The van der Waals surface area contributed by atoms with Crippen LogP contribution >= 0.6 is 22.9 Å². The zero-order valence-corrected chi connectivity index (χ0v) is 13.7. The zero-order valence-electron chi connectivity index (χ0n) is 12.2. The van der Waals surface area contributed by atoms with Crippen LogP contribution in [0.3, 0.4) is 0 Å². The molecule has 0 aliphatic rings. The first-order chi connectivity index (χ1) is 10.1. The number of carbonyl (C=O) groups excluding carboxylic acids is 1. The summed E-state index contributed by atoms with van der Waals surface area (Å²) in [5.41, 5.74) is 1.05. The molecule has 0 unspecified atom stereocenters. The van der Waals surface area contributed by atoms with Crippen molar-refractivity contribution in [1.82, 2.24) is 5.32 Å². The van der Waals surface area contributed by atoms with Crippen molar-refractivity contribution in [3.63, 3.8) is 0 Å². The van der Waals surface area contributed by atoms with Gasteiger partial charge in [-0.15, -0.1) is 11.3 Å². The van der Waals surface area contributed by atoms with E-state index in [0.717, 1.165) is 10.6 Å². The van der Waals surface area contributed by atoms with Crippen LogP contribution in [0.25, 0.3) is 0 Å². The lowest BCUT2D eigenvalue weighted by Gasteiger charge is -2.14. The van der Waals surface area contributed by atoms with Gasteiger partial charge in [-0.05, 0) is 31.4 Å². The van der Waals surface area contributed by atoms with Crippen LogP contribution in [0.4, 0.5) is 0 Å². The standard InChI is InChI=1S/C16H19ClN2OS/c1-11(13-6-3-4-7-14(13)17)18-10-16(20)19-12(2)15-8-5-9-21-15/h3-9,11-12,18H,10H2,1-2H3,(H,19,20)/p+1/t11-,12-/m0/s1. The van der Waals surface area contributed by atoms with Crippen LogP contribution in [0, 0.1) is 0 Å². The first-order valence-corrected chi connectivity index (χ1v) is 8.24. The molecule has 3 nitrogen and oxygen atoms in total. The number of hydrogen-bond acceptors (Lipinski definition) is 2. The van der Waals surface area contributed by atoms with Crippen LogP contribution in [-0.2, 0) is 4.79 Å². The summed E-state index contributed by atoms with van der Waals surface area (Å²) in [5.74, 6) is 0.0369. The number of nitrogens with one attached hydrogen (secondary N) is 1. The highest BCUT2D eigenvalue weighted by Crippen LogP contribution is 2.19. The Morgan fingerprint density at radius 1 is 1.29 bits per heavy atom. The fraction of sp³-hybridized carbons (Fsp3) is 0.312. The average molecular weight is 324 g/mol. The molecule has 5 heteroatoms. The summed E-state index contributed by atoms with van der Waals surface area (Å²) in [4.78, 5) is 13.2. The molecule has 2 aromatic rings. The van der Waals surface area contributed by atoms with Gasteiger partial charge in [0.2, 0.25) is 0 Å². The summed E-state index contributed by atoms with van der Waals surface area (Å²) < 4.78 is 0. The van der Waals surface area contributed by atoms with Gasteiger partial charge >= 0.3 is 0 Å². The summed E-state index contributed by atoms with van der Waals surface area (Å²) in [6, 6.07) is 12.0. The van der Waals surface area contributed by atoms with Crippen LogP contribution in [0.2, 0.25) is 5.02 Å². The Morgan fingerprint density at radius 2 is 2.05 bits per heavy atom. The largest absolute Gasteiger partial charge is 0.344 e. The van der Waals surface area contributed by atoms with Crippen molar-refractivity contribution in [2.24, 2.45) is 0 Å². The Balaban J connectivity index is 1.83. The van der Waals surface area contributed by atoms with Gasteiger partial charge in [-0.2, -0.15) is 0 Å². The molecule has 1 amide bonds. The Bertz CT molecular complexity index is 586. The number of rotatable bonds is 6. The molecule has 2 rings (SSSR count). The van der Waals surface area contributed by atoms with Crippen molar-refractivity contribution >= 4 is 28.8 Å². The number of quaternary nitrogens is 1. The third-order valence-electron chi connectivity index (χ3n) is 3.40. The van der Waals surface area contributed by atoms with E-state index >= 15 is 0 Å². The normalized spacial score (nSPS) is 13.7. The minimum Gasteiger partial charge on any atom is -0.344 e. The molecule has 0 aliphatic carbocycles. The molecule has 2 atom stereocenters. The Kier molecular flexibility index (Phi) is 5.79. The SMILES string of the molecule is C[C@H](NC(=O)C[NH2+][C@@H](C)c1ccccc1Cl)c1cccs1. The third kappa shape index (κ3) is 4.56. The van der Waals surface area contributed by atoms with Crippen LogP contribution in [0.1, 0.15) is 36.4 Å². The highest BCUT2D eigenvalue weighted by molar-refractivity contribution is 7.10. The van der Waals surface area contributed by atoms with E-state index in [2.05, 4.69) is 12.2 Å². The first kappa shape index (κ1) is 16.0. The summed E-state index contributed by atoms with van der Waals surface area (Å²) in [6.45, 7) is 4.44. The maximum atomic E-state index is 12.0. The van der Waals surface area contributed by atoms with Gasteiger partial charge in [0.15, 0.2) is 6.54 Å².